The van der Waals surface area contributed by atoms with Crippen LogP contribution in [0.1, 0.15) is 12.5 Å². The highest BCUT2D eigenvalue weighted by Gasteiger charge is 2.54. The number of anilines is 2. The van der Waals surface area contributed by atoms with Crippen molar-refractivity contribution in [3.63, 3.8) is 0 Å². The van der Waals surface area contributed by atoms with Crippen LogP contribution in [0.5, 0.6) is 5.75 Å². The third kappa shape index (κ3) is 3.16. The summed E-state index contributed by atoms with van der Waals surface area (Å²) in [6.07, 6.45) is 0. The molecular weight excluding hydrogens is 364 g/mol. The monoisotopic (exact) mass is 386 g/mol. The van der Waals surface area contributed by atoms with Crippen molar-refractivity contribution in [2.45, 2.75) is 25.9 Å². The number of hydrogen-bond acceptors (Lipinski definition) is 4. The summed E-state index contributed by atoms with van der Waals surface area (Å²) < 4.78 is 30.1. The van der Waals surface area contributed by atoms with E-state index < -0.39 is 9.84 Å². The van der Waals surface area contributed by atoms with E-state index in [0.29, 0.717) is 12.3 Å². The van der Waals surface area contributed by atoms with E-state index >= 15 is 0 Å². The predicted molar refractivity (Wildman–Crippen MR) is 105 cm³/mol. The van der Waals surface area contributed by atoms with Gasteiger partial charge in [0.2, 0.25) is 0 Å². The van der Waals surface area contributed by atoms with Crippen LogP contribution in [0.4, 0.5) is 16.2 Å². The van der Waals surface area contributed by atoms with Gasteiger partial charge in [-0.1, -0.05) is 17.7 Å². The van der Waals surface area contributed by atoms with Crippen molar-refractivity contribution in [2.24, 2.45) is 0 Å². The maximum atomic E-state index is 13.3. The summed E-state index contributed by atoms with van der Waals surface area (Å²) >= 11 is 0. The van der Waals surface area contributed by atoms with E-state index in [-0.39, 0.29) is 29.6 Å². The van der Waals surface area contributed by atoms with Gasteiger partial charge in [-0.05, 0) is 50.2 Å². The number of nitrogens with zero attached hydrogens (tertiary/aromatic N) is 2. The second-order valence-corrected chi connectivity index (χ2v) is 9.15. The number of aryl methyl sites for hydroxylation is 1. The van der Waals surface area contributed by atoms with Crippen LogP contribution < -0.4 is 14.5 Å². The van der Waals surface area contributed by atoms with Crippen LogP contribution in [-0.2, 0) is 9.84 Å². The largest absolute Gasteiger partial charge is 0.494 e. The van der Waals surface area contributed by atoms with Crippen LogP contribution in [0, 0.1) is 6.92 Å². The third-order valence-corrected chi connectivity index (χ3v) is 6.81. The summed E-state index contributed by atoms with van der Waals surface area (Å²) in [5, 5.41) is 0. The fourth-order valence-electron chi connectivity index (χ4n) is 3.88. The topological polar surface area (TPSA) is 66.9 Å². The van der Waals surface area contributed by atoms with Crippen molar-refractivity contribution in [3.8, 4) is 5.75 Å². The molecule has 2 aromatic rings. The fraction of sp³-hybridized carbons (Fsp3) is 0.350. The fourth-order valence-corrected chi connectivity index (χ4v) is 5.80. The lowest BCUT2D eigenvalue weighted by Gasteiger charge is -2.23. The number of ether oxygens (including phenoxy) is 1. The van der Waals surface area contributed by atoms with Crippen molar-refractivity contribution in [1.82, 2.24) is 0 Å². The van der Waals surface area contributed by atoms with E-state index in [2.05, 4.69) is 0 Å². The van der Waals surface area contributed by atoms with Gasteiger partial charge in [-0.3, -0.25) is 9.80 Å². The van der Waals surface area contributed by atoms with E-state index in [0.717, 1.165) is 17.0 Å². The molecule has 4 rings (SSSR count). The Labute approximate surface area is 159 Å². The number of benzene rings is 2. The molecule has 2 aliphatic rings. The SMILES string of the molecule is CCOc1ccc(N2C(=O)N(c3ccc(C)cc3)[C@H]3CS(=O)(=O)C[C@H]32)cc1. The predicted octanol–water partition coefficient (Wildman–Crippen LogP) is 3.01. The lowest BCUT2D eigenvalue weighted by molar-refractivity contribution is 0.255. The molecule has 0 saturated carbocycles. The smallest absolute Gasteiger partial charge is 0.329 e. The highest BCUT2D eigenvalue weighted by atomic mass is 32.2. The molecule has 0 N–H and O–H groups in total. The minimum atomic E-state index is -3.20. The number of carbonyl (C=O) groups is 1. The van der Waals surface area contributed by atoms with Gasteiger partial charge in [0.25, 0.3) is 0 Å². The minimum Gasteiger partial charge on any atom is -0.494 e. The average molecular weight is 386 g/mol. The summed E-state index contributed by atoms with van der Waals surface area (Å²) in [6.45, 7) is 4.45. The molecule has 0 spiro atoms. The summed E-state index contributed by atoms with van der Waals surface area (Å²) in [5.41, 5.74) is 2.50. The van der Waals surface area contributed by atoms with Gasteiger partial charge in [-0.15, -0.1) is 0 Å². The first-order chi connectivity index (χ1) is 12.9. The van der Waals surface area contributed by atoms with Crippen molar-refractivity contribution >= 4 is 27.2 Å². The second-order valence-electron chi connectivity index (χ2n) is 7.00. The molecule has 0 aromatic heterocycles. The molecule has 2 aliphatic heterocycles. The molecule has 0 aliphatic carbocycles. The zero-order chi connectivity index (χ0) is 19.2. The average Bonchev–Trinajstić information content (AvgIpc) is 3.06. The first-order valence-electron chi connectivity index (χ1n) is 9.02. The summed E-state index contributed by atoms with van der Waals surface area (Å²) in [4.78, 5) is 16.5. The second kappa shape index (κ2) is 6.56. The van der Waals surface area contributed by atoms with E-state index in [1.54, 1.807) is 21.9 Å². The number of rotatable bonds is 4. The number of amides is 2. The first-order valence-corrected chi connectivity index (χ1v) is 10.8. The van der Waals surface area contributed by atoms with Gasteiger partial charge < -0.3 is 4.74 Å². The van der Waals surface area contributed by atoms with Crippen molar-refractivity contribution < 1.29 is 17.9 Å². The van der Waals surface area contributed by atoms with Gasteiger partial charge in [0.05, 0.1) is 30.2 Å². The lowest BCUT2D eigenvalue weighted by atomic mass is 10.1. The van der Waals surface area contributed by atoms with Crippen LogP contribution in [-0.4, -0.2) is 44.6 Å². The minimum absolute atomic E-state index is 0.00911. The zero-order valence-electron chi connectivity index (χ0n) is 15.3. The molecule has 2 aromatic carbocycles. The summed E-state index contributed by atoms with van der Waals surface area (Å²) in [7, 11) is -3.20. The summed E-state index contributed by atoms with van der Waals surface area (Å²) in [5.74, 6) is 0.697. The molecule has 0 radical (unpaired) electrons. The van der Waals surface area contributed by atoms with E-state index in [9.17, 15) is 13.2 Å². The number of carbonyl (C=O) groups excluding carboxylic acids is 1. The van der Waals surface area contributed by atoms with Gasteiger partial charge in [-0.25, -0.2) is 13.2 Å². The lowest BCUT2D eigenvalue weighted by Crippen LogP contribution is -2.37. The maximum absolute atomic E-state index is 13.3. The van der Waals surface area contributed by atoms with Crippen LogP contribution in [0.15, 0.2) is 48.5 Å². The highest BCUT2D eigenvalue weighted by Crippen LogP contribution is 2.38. The molecule has 2 saturated heterocycles. The van der Waals surface area contributed by atoms with E-state index in [4.69, 9.17) is 4.74 Å². The van der Waals surface area contributed by atoms with Crippen molar-refractivity contribution in [2.75, 3.05) is 27.9 Å². The van der Waals surface area contributed by atoms with Crippen LogP contribution in [0.2, 0.25) is 0 Å². The summed E-state index contributed by atoms with van der Waals surface area (Å²) in [6, 6.07) is 13.9. The van der Waals surface area contributed by atoms with Crippen LogP contribution in [0.25, 0.3) is 0 Å². The Bertz CT molecular complexity index is 954. The van der Waals surface area contributed by atoms with Gasteiger partial charge in [0, 0.05) is 11.4 Å². The Balaban J connectivity index is 1.73. The molecule has 2 heterocycles. The molecule has 2 atom stereocenters. The highest BCUT2D eigenvalue weighted by molar-refractivity contribution is 7.91. The van der Waals surface area contributed by atoms with Gasteiger partial charge in [-0.2, -0.15) is 0 Å². The number of hydrogen-bond donors (Lipinski definition) is 0. The normalized spacial score (nSPS) is 23.6. The number of sulfone groups is 1. The van der Waals surface area contributed by atoms with Crippen LogP contribution in [0.3, 0.4) is 0 Å². The molecule has 142 valence electrons. The van der Waals surface area contributed by atoms with Crippen LogP contribution >= 0.6 is 0 Å². The zero-order valence-corrected chi connectivity index (χ0v) is 16.1. The van der Waals surface area contributed by atoms with Gasteiger partial charge in [0.15, 0.2) is 9.84 Å². The van der Waals surface area contributed by atoms with Crippen molar-refractivity contribution in [3.05, 3.63) is 54.1 Å². The van der Waals surface area contributed by atoms with E-state index in [1.807, 2.05) is 50.2 Å². The standard InChI is InChI=1S/C20H22N2O4S/c1-3-26-17-10-8-16(9-11-17)22-19-13-27(24,25)12-18(19)21(20(22)23)15-6-4-14(2)5-7-15/h4-11,18-19H,3,12-13H2,1-2H3/t18-,19+/m0/s1. The Hall–Kier alpha value is -2.54. The maximum Gasteiger partial charge on any atom is 0.329 e. The molecule has 6 nitrogen and oxygen atoms in total. The first kappa shape index (κ1) is 17.9. The van der Waals surface area contributed by atoms with Gasteiger partial charge >= 0.3 is 6.03 Å². The molecule has 0 bridgehead atoms. The Kier molecular flexibility index (Phi) is 4.34. The number of urea groups is 1. The molecule has 2 fully saturated rings. The molecule has 7 heteroatoms. The third-order valence-electron chi connectivity index (χ3n) is 5.11. The molecular formula is C20H22N2O4S. The Morgan fingerprint density at radius 1 is 0.926 bits per heavy atom. The number of fused-ring (bicyclic) bond motifs is 1. The Morgan fingerprint density at radius 3 is 1.89 bits per heavy atom. The van der Waals surface area contributed by atoms with Crippen molar-refractivity contribution in [1.29, 1.82) is 0 Å². The molecule has 27 heavy (non-hydrogen) atoms. The molecule has 2 amide bonds. The Morgan fingerprint density at radius 2 is 1.41 bits per heavy atom. The molecule has 0 unspecified atom stereocenters. The quantitative estimate of drug-likeness (QED) is 0.758. The van der Waals surface area contributed by atoms with Gasteiger partial charge in [0.1, 0.15) is 5.75 Å². The van der Waals surface area contributed by atoms with E-state index in [1.165, 1.54) is 0 Å².